The Morgan fingerprint density at radius 2 is 1.59 bits per heavy atom. The van der Waals surface area contributed by atoms with Crippen LogP contribution in [-0.4, -0.2) is 31.4 Å². The lowest BCUT2D eigenvalue weighted by Crippen LogP contribution is -2.13. The minimum Gasteiger partial charge on any atom is -0.492 e. The largest absolute Gasteiger partial charge is 0.492 e. The maximum atomic E-state index is 12.0. The van der Waals surface area contributed by atoms with E-state index in [4.69, 9.17) is 9.47 Å². The number of aliphatic imine (C=N–C) groups is 2. The monoisotopic (exact) mass is 360 g/mol. The molecule has 1 aromatic carbocycles. The molecule has 5 heteroatoms. The number of benzene rings is 1. The number of allylic oxidation sites excluding steroid dienone is 7. The molecule has 5 nitrogen and oxygen atoms in total. The first-order valence-electron chi connectivity index (χ1n) is 8.45. The van der Waals surface area contributed by atoms with Gasteiger partial charge in [0.1, 0.15) is 0 Å². The van der Waals surface area contributed by atoms with Crippen LogP contribution in [0.3, 0.4) is 0 Å². The van der Waals surface area contributed by atoms with Gasteiger partial charge in [0.2, 0.25) is 0 Å². The maximum Gasteiger partial charge on any atom is 0.261 e. The zero-order chi connectivity index (χ0) is 19.2. The number of ether oxygens (including phenoxy) is 2. The molecule has 0 unspecified atom stereocenters. The van der Waals surface area contributed by atoms with Gasteiger partial charge in [-0.05, 0) is 55.0 Å². The highest BCUT2D eigenvalue weighted by atomic mass is 16.5. The van der Waals surface area contributed by atoms with Gasteiger partial charge in [-0.3, -0.25) is 9.79 Å². The summed E-state index contributed by atoms with van der Waals surface area (Å²) in [6, 6.07) is 9.82. The van der Waals surface area contributed by atoms with E-state index in [2.05, 4.69) is 9.98 Å². The van der Waals surface area contributed by atoms with E-state index in [1.54, 1.807) is 18.4 Å². The lowest BCUT2D eigenvalue weighted by Gasteiger charge is -2.13. The Balaban J connectivity index is 1.83. The standard InChI is InChI=1S/C22H20N2O3/c1-15-11-18(9-10-19(15)24-17-7-5-4-6-8-17)23-14-16-12-20(26-2)22(25)21(13-16)27-3/h4-14H,1-3H3. The summed E-state index contributed by atoms with van der Waals surface area (Å²) in [5, 5.41) is 0. The molecular formula is C22H20N2O3. The molecular weight excluding hydrogens is 340 g/mol. The second-order valence-electron chi connectivity index (χ2n) is 5.93. The van der Waals surface area contributed by atoms with Crippen LogP contribution in [0.2, 0.25) is 0 Å². The molecule has 0 aromatic heterocycles. The molecule has 2 aliphatic rings. The summed E-state index contributed by atoms with van der Waals surface area (Å²) in [4.78, 5) is 21.1. The first-order valence-corrected chi connectivity index (χ1v) is 8.45. The highest BCUT2D eigenvalue weighted by molar-refractivity contribution is 6.21. The Morgan fingerprint density at radius 3 is 2.19 bits per heavy atom. The number of carbonyl (C=O) groups is 1. The van der Waals surface area contributed by atoms with Gasteiger partial charge < -0.3 is 9.47 Å². The molecule has 136 valence electrons. The van der Waals surface area contributed by atoms with Gasteiger partial charge in [0.25, 0.3) is 5.78 Å². The predicted octanol–water partition coefficient (Wildman–Crippen LogP) is 4.24. The third kappa shape index (κ3) is 4.39. The molecule has 0 saturated heterocycles. The van der Waals surface area contributed by atoms with Crippen molar-refractivity contribution in [3.8, 4) is 0 Å². The Hall–Kier alpha value is -3.47. The normalized spacial score (nSPS) is 19.6. The molecule has 0 heterocycles. The molecule has 0 N–H and O–H groups in total. The van der Waals surface area contributed by atoms with Crippen LogP contribution in [-0.2, 0) is 14.3 Å². The molecule has 0 radical (unpaired) electrons. The van der Waals surface area contributed by atoms with Crippen molar-refractivity contribution in [2.45, 2.75) is 6.92 Å². The summed E-state index contributed by atoms with van der Waals surface area (Å²) in [6.45, 7) is 2.00. The lowest BCUT2D eigenvalue weighted by molar-refractivity contribution is -0.117. The first-order chi connectivity index (χ1) is 13.1. The van der Waals surface area contributed by atoms with Gasteiger partial charge in [-0.1, -0.05) is 18.2 Å². The quantitative estimate of drug-likeness (QED) is 0.755. The summed E-state index contributed by atoms with van der Waals surface area (Å²) < 4.78 is 10.2. The fourth-order valence-electron chi connectivity index (χ4n) is 2.61. The molecule has 3 rings (SSSR count). The van der Waals surface area contributed by atoms with E-state index in [-0.39, 0.29) is 17.3 Å². The first kappa shape index (κ1) is 18.3. The molecule has 0 fully saturated rings. The molecule has 1 aromatic rings. The van der Waals surface area contributed by atoms with Crippen molar-refractivity contribution in [2.75, 3.05) is 14.2 Å². The topological polar surface area (TPSA) is 60.3 Å². The summed E-state index contributed by atoms with van der Waals surface area (Å²) in [5.74, 6) is 0.174. The van der Waals surface area contributed by atoms with Crippen LogP contribution in [0, 0.1) is 0 Å². The molecule has 27 heavy (non-hydrogen) atoms. The van der Waals surface area contributed by atoms with Gasteiger partial charge in [-0.25, -0.2) is 4.99 Å². The van der Waals surface area contributed by atoms with Crippen molar-refractivity contribution >= 4 is 22.9 Å². The molecule has 0 amide bonds. The summed E-state index contributed by atoms with van der Waals surface area (Å²) >= 11 is 0. The van der Waals surface area contributed by atoms with Gasteiger partial charge in [0, 0.05) is 11.8 Å². The average molecular weight is 360 g/mol. The fraction of sp³-hybridized carbons (Fsp3) is 0.136. The third-order valence-electron chi connectivity index (χ3n) is 4.03. The third-order valence-corrected chi connectivity index (χ3v) is 4.03. The molecule has 0 atom stereocenters. The van der Waals surface area contributed by atoms with Gasteiger partial charge >= 0.3 is 0 Å². The maximum absolute atomic E-state index is 12.0. The van der Waals surface area contributed by atoms with E-state index < -0.39 is 0 Å². The lowest BCUT2D eigenvalue weighted by atomic mass is 10.0. The summed E-state index contributed by atoms with van der Waals surface area (Å²) in [6.07, 6.45) is 10.8. The number of carbonyl (C=O) groups excluding carboxylic acids is 1. The number of methoxy groups -OCH3 is 2. The minimum atomic E-state index is -0.278. The van der Waals surface area contributed by atoms with Crippen LogP contribution in [0.15, 0.2) is 99.6 Å². The number of ketones is 1. The number of rotatable bonds is 4. The van der Waals surface area contributed by atoms with E-state index in [0.717, 1.165) is 28.3 Å². The number of Topliss-reactive ketones (excluding diaryl/α,β-unsaturated/α-hetero) is 1. The smallest absolute Gasteiger partial charge is 0.261 e. The SMILES string of the molecule is COC1=CC(=CN=C2C=CC(=Nc3ccccc3)C(C)=C2)C=C(OC)C1=O. The van der Waals surface area contributed by atoms with Gasteiger partial charge in [0.05, 0.1) is 31.3 Å². The Morgan fingerprint density at radius 1 is 0.926 bits per heavy atom. The Kier molecular flexibility index (Phi) is 5.61. The Bertz CT molecular complexity index is 933. The van der Waals surface area contributed by atoms with Crippen molar-refractivity contribution < 1.29 is 14.3 Å². The molecule has 0 saturated carbocycles. The van der Waals surface area contributed by atoms with Crippen LogP contribution in [0.5, 0.6) is 0 Å². The van der Waals surface area contributed by atoms with Crippen molar-refractivity contribution in [3.63, 3.8) is 0 Å². The number of nitrogens with zero attached hydrogens (tertiary/aromatic N) is 2. The van der Waals surface area contributed by atoms with Gasteiger partial charge in [-0.15, -0.1) is 0 Å². The fourth-order valence-corrected chi connectivity index (χ4v) is 2.61. The summed E-state index contributed by atoms with van der Waals surface area (Å²) in [7, 11) is 2.91. The number of hydrogen-bond donors (Lipinski definition) is 0. The average Bonchev–Trinajstić information content (AvgIpc) is 2.69. The van der Waals surface area contributed by atoms with Gasteiger partial charge in [0.15, 0.2) is 11.5 Å². The van der Waals surface area contributed by atoms with Crippen molar-refractivity contribution in [2.24, 2.45) is 9.98 Å². The van der Waals surface area contributed by atoms with E-state index in [1.807, 2.05) is 55.5 Å². The van der Waals surface area contributed by atoms with Crippen LogP contribution in [0.1, 0.15) is 6.92 Å². The van der Waals surface area contributed by atoms with Crippen LogP contribution in [0.25, 0.3) is 0 Å². The second-order valence-corrected chi connectivity index (χ2v) is 5.93. The van der Waals surface area contributed by atoms with Crippen LogP contribution >= 0.6 is 0 Å². The minimum absolute atomic E-state index is 0.226. The highest BCUT2D eigenvalue weighted by Crippen LogP contribution is 2.20. The van der Waals surface area contributed by atoms with E-state index in [0.29, 0.717) is 0 Å². The molecule has 0 aliphatic heterocycles. The Labute approximate surface area is 158 Å². The van der Waals surface area contributed by atoms with Crippen molar-refractivity contribution in [1.29, 1.82) is 0 Å². The van der Waals surface area contributed by atoms with E-state index in [1.165, 1.54) is 14.2 Å². The zero-order valence-corrected chi connectivity index (χ0v) is 15.5. The molecule has 0 spiro atoms. The number of hydrogen-bond acceptors (Lipinski definition) is 5. The van der Waals surface area contributed by atoms with Crippen molar-refractivity contribution in [3.05, 3.63) is 89.6 Å². The van der Waals surface area contributed by atoms with Gasteiger partial charge in [-0.2, -0.15) is 0 Å². The van der Waals surface area contributed by atoms with Crippen molar-refractivity contribution in [1.82, 2.24) is 0 Å². The number of para-hydroxylation sites is 1. The summed E-state index contributed by atoms with van der Waals surface area (Å²) in [5.41, 5.74) is 4.36. The van der Waals surface area contributed by atoms with E-state index >= 15 is 0 Å². The van der Waals surface area contributed by atoms with Crippen LogP contribution in [0.4, 0.5) is 5.69 Å². The molecule has 2 aliphatic carbocycles. The van der Waals surface area contributed by atoms with Crippen LogP contribution < -0.4 is 0 Å². The predicted molar refractivity (Wildman–Crippen MR) is 107 cm³/mol. The zero-order valence-electron chi connectivity index (χ0n) is 15.5. The van der Waals surface area contributed by atoms with E-state index in [9.17, 15) is 4.79 Å². The second kappa shape index (κ2) is 8.27. The highest BCUT2D eigenvalue weighted by Gasteiger charge is 2.21. The molecule has 0 bridgehead atoms.